The molecule has 166 valence electrons. The zero-order chi connectivity index (χ0) is 23.3. The van der Waals surface area contributed by atoms with Crippen molar-refractivity contribution in [3.05, 3.63) is 82.9 Å². The van der Waals surface area contributed by atoms with Crippen molar-refractivity contribution in [1.29, 1.82) is 0 Å². The van der Waals surface area contributed by atoms with Gasteiger partial charge in [-0.3, -0.25) is 9.59 Å². The van der Waals surface area contributed by atoms with Gasteiger partial charge in [0.25, 0.3) is 11.8 Å². The number of aliphatic hydroxyl groups excluding tert-OH is 1. The number of nitrogen functional groups attached to an aromatic ring is 2. The molecule has 7 N–H and O–H groups in total. The van der Waals surface area contributed by atoms with E-state index in [0.717, 1.165) is 0 Å². The minimum atomic E-state index is -0.492. The average Bonchev–Trinajstić information content (AvgIpc) is 3.16. The second kappa shape index (κ2) is 9.88. The first-order chi connectivity index (χ1) is 15.3. The third-order valence-corrected chi connectivity index (χ3v) is 4.76. The molecule has 0 unspecified atom stereocenters. The van der Waals surface area contributed by atoms with Crippen LogP contribution >= 0.6 is 0 Å². The van der Waals surface area contributed by atoms with Crippen molar-refractivity contribution >= 4 is 23.2 Å². The zero-order valence-electron chi connectivity index (χ0n) is 17.0. The van der Waals surface area contributed by atoms with Crippen molar-refractivity contribution in [1.82, 2.24) is 10.6 Å². The summed E-state index contributed by atoms with van der Waals surface area (Å²) >= 11 is 0. The Labute approximate surface area is 183 Å². The molecule has 32 heavy (non-hydrogen) atoms. The van der Waals surface area contributed by atoms with E-state index in [1.165, 1.54) is 36.4 Å². The number of rotatable bonds is 4. The molecule has 0 radical (unpaired) electrons. The molecule has 0 fully saturated rings. The van der Waals surface area contributed by atoms with Gasteiger partial charge in [0.1, 0.15) is 11.6 Å². The molecule has 2 amide bonds. The lowest BCUT2D eigenvalue weighted by Gasteiger charge is -2.12. The summed E-state index contributed by atoms with van der Waals surface area (Å²) in [4.78, 5) is 24.3. The zero-order valence-corrected chi connectivity index (χ0v) is 17.0. The number of amides is 2. The summed E-state index contributed by atoms with van der Waals surface area (Å²) < 4.78 is 26.3. The van der Waals surface area contributed by atoms with Crippen LogP contribution in [0.3, 0.4) is 0 Å². The van der Waals surface area contributed by atoms with Gasteiger partial charge in [-0.15, -0.1) is 0 Å². The van der Waals surface area contributed by atoms with Gasteiger partial charge < -0.3 is 27.2 Å². The van der Waals surface area contributed by atoms with Crippen LogP contribution in [-0.4, -0.2) is 30.1 Å². The van der Waals surface area contributed by atoms with Crippen molar-refractivity contribution < 1.29 is 23.5 Å². The smallest absolute Gasteiger partial charge is 0.252 e. The third-order valence-electron chi connectivity index (χ3n) is 4.76. The summed E-state index contributed by atoms with van der Waals surface area (Å²) in [6.07, 6.45) is 0. The molecule has 3 aromatic carbocycles. The van der Waals surface area contributed by atoms with E-state index in [0.29, 0.717) is 28.1 Å². The lowest BCUT2D eigenvalue weighted by Crippen LogP contribution is -2.28. The molecule has 0 saturated heterocycles. The Hall–Kier alpha value is -3.98. The van der Waals surface area contributed by atoms with Gasteiger partial charge >= 0.3 is 0 Å². The van der Waals surface area contributed by atoms with E-state index in [1.54, 1.807) is 18.2 Å². The van der Waals surface area contributed by atoms with Crippen molar-refractivity contribution in [3.8, 4) is 11.1 Å². The van der Waals surface area contributed by atoms with Crippen molar-refractivity contribution in [2.24, 2.45) is 0 Å². The number of anilines is 2. The highest BCUT2D eigenvalue weighted by atomic mass is 19.1. The fraction of sp³-hybridized carbons (Fsp3) is 0.130. The molecule has 0 aromatic heterocycles. The summed E-state index contributed by atoms with van der Waals surface area (Å²) in [5.41, 5.74) is 13.6. The molecule has 0 saturated carbocycles. The number of fused-ring (bicyclic) bond motifs is 1. The van der Waals surface area contributed by atoms with Gasteiger partial charge in [0, 0.05) is 30.0 Å². The molecule has 4 rings (SSSR count). The fourth-order valence-electron chi connectivity index (χ4n) is 3.27. The number of carbonyl (C=O) groups excluding carboxylic acids is 2. The molecule has 7 nitrogen and oxygen atoms in total. The Kier molecular flexibility index (Phi) is 7.01. The molecule has 1 aliphatic heterocycles. The summed E-state index contributed by atoms with van der Waals surface area (Å²) in [7, 11) is 0. The van der Waals surface area contributed by atoms with Crippen LogP contribution in [0.25, 0.3) is 11.1 Å². The maximum absolute atomic E-state index is 14.2. The number of nitrogens with one attached hydrogen (secondary N) is 2. The maximum atomic E-state index is 14.2. The minimum absolute atomic E-state index is 0.0869. The van der Waals surface area contributed by atoms with Gasteiger partial charge in [-0.25, -0.2) is 8.78 Å². The van der Waals surface area contributed by atoms with Gasteiger partial charge in [0.15, 0.2) is 0 Å². The molecule has 1 aliphatic rings. The average molecular weight is 440 g/mol. The van der Waals surface area contributed by atoms with E-state index < -0.39 is 11.7 Å². The molecule has 9 heteroatoms. The second-order valence-corrected chi connectivity index (χ2v) is 6.97. The Morgan fingerprint density at radius 2 is 1.66 bits per heavy atom. The molecule has 3 aromatic rings. The molecule has 0 spiro atoms. The number of benzene rings is 3. The third kappa shape index (κ3) is 5.01. The van der Waals surface area contributed by atoms with Gasteiger partial charge in [-0.1, -0.05) is 6.07 Å². The van der Waals surface area contributed by atoms with E-state index in [-0.39, 0.29) is 42.5 Å². The monoisotopic (exact) mass is 440 g/mol. The first-order valence-electron chi connectivity index (χ1n) is 9.71. The highest BCUT2D eigenvalue weighted by Gasteiger charge is 2.29. The highest BCUT2D eigenvalue weighted by molar-refractivity contribution is 6.11. The molecule has 0 bridgehead atoms. The maximum Gasteiger partial charge on any atom is 0.252 e. The molecule has 1 heterocycles. The van der Waals surface area contributed by atoms with Crippen LogP contribution in [-0.2, 0) is 6.54 Å². The number of hydrogen-bond donors (Lipinski definition) is 5. The largest absolute Gasteiger partial charge is 0.399 e. The number of aliphatic hydroxyl groups is 1. The van der Waals surface area contributed by atoms with Crippen LogP contribution in [0.2, 0.25) is 0 Å². The van der Waals surface area contributed by atoms with Gasteiger partial charge in [0.05, 0.1) is 17.7 Å². The summed E-state index contributed by atoms with van der Waals surface area (Å²) in [5, 5.41) is 14.0. The van der Waals surface area contributed by atoms with Crippen LogP contribution in [0.4, 0.5) is 20.2 Å². The van der Waals surface area contributed by atoms with E-state index in [4.69, 9.17) is 16.6 Å². The molecule has 0 aliphatic carbocycles. The van der Waals surface area contributed by atoms with E-state index in [2.05, 4.69) is 10.6 Å². The molecular formula is C23H22F2N4O3. The normalized spacial score (nSPS) is 11.8. The SMILES string of the molecule is Nc1ccc(-c2ccc(C(=O)NCCO)c3c2CNC3=O)c(F)c1.Nc1ccc(F)cc1. The number of nitrogens with two attached hydrogens (primary N) is 2. The summed E-state index contributed by atoms with van der Waals surface area (Å²) in [6.45, 7) is 0.104. The van der Waals surface area contributed by atoms with E-state index >= 15 is 0 Å². The minimum Gasteiger partial charge on any atom is -0.399 e. The highest BCUT2D eigenvalue weighted by Crippen LogP contribution is 2.33. The Morgan fingerprint density at radius 3 is 2.28 bits per heavy atom. The topological polar surface area (TPSA) is 130 Å². The first kappa shape index (κ1) is 22.7. The van der Waals surface area contributed by atoms with Crippen LogP contribution in [0.15, 0.2) is 54.6 Å². The van der Waals surface area contributed by atoms with Crippen LogP contribution in [0.1, 0.15) is 26.3 Å². The van der Waals surface area contributed by atoms with E-state index in [1.807, 2.05) is 0 Å². The van der Waals surface area contributed by atoms with Crippen LogP contribution < -0.4 is 22.1 Å². The first-order valence-corrected chi connectivity index (χ1v) is 9.71. The standard InChI is InChI=1S/C17H16FN3O3.C6H6FN/c18-14-7-9(19)1-2-11(14)10-3-4-12(16(23)20-5-6-22)15-13(10)8-21-17(15)24;7-5-1-3-6(8)4-2-5/h1-4,7,22H,5-6,8,19H2,(H,20,23)(H,21,24);1-4H,8H2. The van der Waals surface area contributed by atoms with Crippen LogP contribution in [0.5, 0.6) is 0 Å². The predicted octanol–water partition coefficient (Wildman–Crippen LogP) is 2.45. The number of halogens is 2. The Morgan fingerprint density at radius 1 is 1.00 bits per heavy atom. The van der Waals surface area contributed by atoms with Gasteiger partial charge in [0.2, 0.25) is 0 Å². The van der Waals surface area contributed by atoms with Crippen LogP contribution in [0, 0.1) is 11.6 Å². The summed E-state index contributed by atoms with van der Waals surface area (Å²) in [6, 6.07) is 13.2. The fourth-order valence-corrected chi connectivity index (χ4v) is 3.27. The number of hydrogen-bond acceptors (Lipinski definition) is 5. The van der Waals surface area contributed by atoms with Crippen molar-refractivity contribution in [3.63, 3.8) is 0 Å². The Bertz CT molecular complexity index is 1130. The number of carbonyl (C=O) groups is 2. The predicted molar refractivity (Wildman–Crippen MR) is 118 cm³/mol. The Balaban J connectivity index is 0.000000305. The molecular weight excluding hydrogens is 418 g/mol. The molecule has 0 atom stereocenters. The van der Waals surface area contributed by atoms with Gasteiger partial charge in [-0.2, -0.15) is 0 Å². The van der Waals surface area contributed by atoms with Gasteiger partial charge in [-0.05, 0) is 59.7 Å². The second-order valence-electron chi connectivity index (χ2n) is 6.97. The van der Waals surface area contributed by atoms with Crippen molar-refractivity contribution in [2.75, 3.05) is 24.6 Å². The van der Waals surface area contributed by atoms with Crippen molar-refractivity contribution in [2.45, 2.75) is 6.54 Å². The summed E-state index contributed by atoms with van der Waals surface area (Å²) in [5.74, 6) is -1.58. The lowest BCUT2D eigenvalue weighted by molar-refractivity contribution is 0.0921. The lowest BCUT2D eigenvalue weighted by atomic mass is 9.92. The quantitative estimate of drug-likeness (QED) is 0.398. The van der Waals surface area contributed by atoms with E-state index in [9.17, 15) is 18.4 Å².